The maximum Gasteiger partial charge on any atom is 0.115 e. The van der Waals surface area contributed by atoms with Crippen LogP contribution in [0.1, 0.15) is 5.56 Å². The number of hydrogen-bond acceptors (Lipinski definition) is 6. The van der Waals surface area contributed by atoms with Gasteiger partial charge in [0, 0.05) is 0 Å². The van der Waals surface area contributed by atoms with E-state index in [0.717, 1.165) is 5.56 Å². The highest BCUT2D eigenvalue weighted by Crippen LogP contribution is 2.24. The van der Waals surface area contributed by atoms with Gasteiger partial charge in [-0.25, -0.2) is 0 Å². The molecule has 0 bridgehead atoms. The van der Waals surface area contributed by atoms with Gasteiger partial charge in [0.15, 0.2) is 0 Å². The first-order valence-corrected chi connectivity index (χ1v) is 6.08. The zero-order valence-corrected chi connectivity index (χ0v) is 10.2. The Bertz CT molecular complexity index is 381. The lowest BCUT2D eigenvalue weighted by molar-refractivity contribution is -0.237. The first kappa shape index (κ1) is 14.4. The molecule has 5 N–H and O–H groups in total. The normalized spacial score (nSPS) is 39.2. The van der Waals surface area contributed by atoms with Crippen LogP contribution in [0.25, 0.3) is 0 Å². The van der Waals surface area contributed by atoms with Gasteiger partial charge in [-0.3, -0.25) is 0 Å². The Kier molecular flexibility index (Phi) is 4.51. The largest absolute Gasteiger partial charge is 0.387 e. The minimum atomic E-state index is -1.60. The molecular formula is C13H18O6. The van der Waals surface area contributed by atoms with Crippen molar-refractivity contribution >= 4 is 0 Å². The van der Waals surface area contributed by atoms with Crippen molar-refractivity contribution in [3.63, 3.8) is 0 Å². The maximum atomic E-state index is 9.77. The van der Waals surface area contributed by atoms with E-state index in [1.807, 2.05) is 30.3 Å². The molecule has 106 valence electrons. The van der Waals surface area contributed by atoms with Crippen LogP contribution in [-0.4, -0.2) is 62.2 Å². The van der Waals surface area contributed by atoms with Crippen LogP contribution in [0.4, 0.5) is 0 Å². The maximum absolute atomic E-state index is 9.77. The minimum Gasteiger partial charge on any atom is -0.387 e. The van der Waals surface area contributed by atoms with Crippen molar-refractivity contribution in [1.82, 2.24) is 0 Å². The van der Waals surface area contributed by atoms with Crippen LogP contribution in [0.5, 0.6) is 0 Å². The summed E-state index contributed by atoms with van der Waals surface area (Å²) >= 11 is 0. The summed E-state index contributed by atoms with van der Waals surface area (Å²) in [7, 11) is 0. The fourth-order valence-electron chi connectivity index (χ4n) is 2.16. The fraction of sp³-hybridized carbons (Fsp3) is 0.538. The number of aliphatic hydroxyl groups excluding tert-OH is 5. The number of aliphatic hydroxyl groups is 5. The Morgan fingerprint density at radius 2 is 1.21 bits per heavy atom. The molecule has 0 heterocycles. The van der Waals surface area contributed by atoms with E-state index in [4.69, 9.17) is 4.74 Å². The van der Waals surface area contributed by atoms with Crippen LogP contribution in [0.3, 0.4) is 0 Å². The van der Waals surface area contributed by atoms with Gasteiger partial charge in [0.25, 0.3) is 0 Å². The van der Waals surface area contributed by atoms with E-state index in [-0.39, 0.29) is 6.61 Å². The van der Waals surface area contributed by atoms with E-state index in [2.05, 4.69) is 0 Å². The van der Waals surface area contributed by atoms with Gasteiger partial charge in [-0.1, -0.05) is 30.3 Å². The van der Waals surface area contributed by atoms with Gasteiger partial charge in [-0.15, -0.1) is 0 Å². The second-order valence-corrected chi connectivity index (χ2v) is 4.71. The van der Waals surface area contributed by atoms with Crippen molar-refractivity contribution in [1.29, 1.82) is 0 Å². The molecule has 2 unspecified atom stereocenters. The molecule has 0 spiro atoms. The van der Waals surface area contributed by atoms with Gasteiger partial charge < -0.3 is 30.3 Å². The second kappa shape index (κ2) is 5.96. The van der Waals surface area contributed by atoms with Crippen LogP contribution < -0.4 is 0 Å². The topological polar surface area (TPSA) is 110 Å². The molecule has 1 aliphatic carbocycles. The van der Waals surface area contributed by atoms with Crippen LogP contribution in [0.2, 0.25) is 0 Å². The van der Waals surface area contributed by atoms with Gasteiger partial charge in [-0.05, 0) is 5.56 Å². The Balaban J connectivity index is 2.02. The van der Waals surface area contributed by atoms with Gasteiger partial charge in [-0.2, -0.15) is 0 Å². The number of hydrogen-bond donors (Lipinski definition) is 5. The third-order valence-corrected chi connectivity index (χ3v) is 3.36. The molecule has 1 saturated carbocycles. The molecule has 1 aromatic carbocycles. The predicted octanol–water partition coefficient (Wildman–Crippen LogP) is -1.61. The molecule has 19 heavy (non-hydrogen) atoms. The highest BCUT2D eigenvalue weighted by atomic mass is 16.5. The van der Waals surface area contributed by atoms with Gasteiger partial charge in [0.05, 0.1) is 6.61 Å². The van der Waals surface area contributed by atoms with Crippen molar-refractivity contribution < 1.29 is 30.3 Å². The molecule has 0 amide bonds. The monoisotopic (exact) mass is 270 g/mol. The zero-order chi connectivity index (χ0) is 14.0. The van der Waals surface area contributed by atoms with Crippen molar-refractivity contribution in [3.8, 4) is 0 Å². The van der Waals surface area contributed by atoms with Gasteiger partial charge >= 0.3 is 0 Å². The van der Waals surface area contributed by atoms with Gasteiger partial charge in [0.2, 0.25) is 0 Å². The van der Waals surface area contributed by atoms with Crippen molar-refractivity contribution in [3.05, 3.63) is 35.9 Å². The number of ether oxygens (including phenoxy) is 1. The third-order valence-electron chi connectivity index (χ3n) is 3.36. The molecule has 0 radical (unpaired) electrons. The van der Waals surface area contributed by atoms with Crippen LogP contribution in [-0.2, 0) is 11.3 Å². The van der Waals surface area contributed by atoms with Crippen molar-refractivity contribution in [2.45, 2.75) is 43.2 Å². The first-order chi connectivity index (χ1) is 9.02. The zero-order valence-electron chi connectivity index (χ0n) is 10.2. The molecule has 6 nitrogen and oxygen atoms in total. The summed E-state index contributed by atoms with van der Waals surface area (Å²) in [5.74, 6) is 0. The lowest BCUT2D eigenvalue weighted by atomic mass is 9.85. The quantitative estimate of drug-likeness (QED) is 0.452. The van der Waals surface area contributed by atoms with Crippen LogP contribution >= 0.6 is 0 Å². The smallest absolute Gasteiger partial charge is 0.115 e. The van der Waals surface area contributed by atoms with E-state index in [0.29, 0.717) is 0 Å². The van der Waals surface area contributed by atoms with E-state index in [1.165, 1.54) is 0 Å². The Hall–Kier alpha value is -1.02. The highest BCUT2D eigenvalue weighted by molar-refractivity contribution is 5.13. The van der Waals surface area contributed by atoms with E-state index in [1.54, 1.807) is 0 Å². The third kappa shape index (κ3) is 2.94. The molecule has 1 aromatic rings. The summed E-state index contributed by atoms with van der Waals surface area (Å²) in [4.78, 5) is 0. The molecular weight excluding hydrogens is 252 g/mol. The fourth-order valence-corrected chi connectivity index (χ4v) is 2.16. The average Bonchev–Trinajstić information content (AvgIpc) is 2.44. The van der Waals surface area contributed by atoms with Crippen molar-refractivity contribution in [2.75, 3.05) is 0 Å². The number of benzene rings is 1. The summed E-state index contributed by atoms with van der Waals surface area (Å²) < 4.78 is 5.35. The molecule has 0 aromatic heterocycles. The van der Waals surface area contributed by atoms with Crippen LogP contribution in [0, 0.1) is 0 Å². The SMILES string of the molecule is OC1[C@@H](O)[C@@H](O)C(OCc2ccccc2)[C@H](O)[C@H]1O. The lowest BCUT2D eigenvalue weighted by Crippen LogP contribution is -2.64. The first-order valence-electron chi connectivity index (χ1n) is 6.08. The molecule has 1 aliphatic rings. The summed E-state index contributed by atoms with van der Waals surface area (Å²) in [6.07, 6.45) is -8.79. The average molecular weight is 270 g/mol. The van der Waals surface area contributed by atoms with E-state index >= 15 is 0 Å². The van der Waals surface area contributed by atoms with Gasteiger partial charge in [0.1, 0.15) is 36.6 Å². The summed E-state index contributed by atoms with van der Waals surface area (Å²) in [6.45, 7) is 0.120. The van der Waals surface area contributed by atoms with E-state index in [9.17, 15) is 25.5 Å². The minimum absolute atomic E-state index is 0.120. The summed E-state index contributed by atoms with van der Waals surface area (Å²) in [5, 5.41) is 48.1. The molecule has 6 heteroatoms. The standard InChI is InChI=1S/C13H18O6/c14-8-9(15)11(17)13(12(18)10(8)16)19-6-7-4-2-1-3-5-7/h1-5,8-18H,6H2/t8?,9-,10+,11-,12-,13?/m1/s1. The van der Waals surface area contributed by atoms with E-state index < -0.39 is 36.6 Å². The summed E-state index contributed by atoms with van der Waals surface area (Å²) in [6, 6.07) is 9.10. The van der Waals surface area contributed by atoms with Crippen molar-refractivity contribution in [2.24, 2.45) is 0 Å². The summed E-state index contributed by atoms with van der Waals surface area (Å²) in [5.41, 5.74) is 0.831. The molecule has 2 rings (SSSR count). The number of rotatable bonds is 3. The van der Waals surface area contributed by atoms with Crippen LogP contribution in [0.15, 0.2) is 30.3 Å². The Morgan fingerprint density at radius 3 is 1.74 bits per heavy atom. The molecule has 1 fully saturated rings. The predicted molar refractivity (Wildman–Crippen MR) is 65.1 cm³/mol. The molecule has 6 atom stereocenters. The Labute approximate surface area is 110 Å². The molecule has 0 saturated heterocycles. The molecule has 0 aliphatic heterocycles. The highest BCUT2D eigenvalue weighted by Gasteiger charge is 2.48. The lowest BCUT2D eigenvalue weighted by Gasteiger charge is -2.41. The second-order valence-electron chi connectivity index (χ2n) is 4.71. The Morgan fingerprint density at radius 1 is 0.737 bits per heavy atom.